The Labute approximate surface area is 134 Å². The third-order valence-corrected chi connectivity index (χ3v) is 3.15. The Morgan fingerprint density at radius 1 is 1.17 bits per heavy atom. The van der Waals surface area contributed by atoms with Crippen LogP contribution in [0.15, 0.2) is 42.5 Å². The molecule has 0 unspecified atom stereocenters. The van der Waals surface area contributed by atoms with Crippen molar-refractivity contribution in [3.05, 3.63) is 63.7 Å². The molecule has 2 aromatic rings. The van der Waals surface area contributed by atoms with E-state index < -0.39 is 4.92 Å². The molecule has 0 aliphatic rings. The number of nitrogens with one attached hydrogen (secondary N) is 1. The molecular formula is C17H18N2O4. The van der Waals surface area contributed by atoms with Gasteiger partial charge in [-0.2, -0.15) is 0 Å². The minimum atomic E-state index is -0.469. The molecule has 6 nitrogen and oxygen atoms in total. The number of benzene rings is 2. The first-order valence-electron chi connectivity index (χ1n) is 7.20. The molecule has 0 aliphatic heterocycles. The number of amides is 1. The fourth-order valence-electron chi connectivity index (χ4n) is 2.04. The summed E-state index contributed by atoms with van der Waals surface area (Å²) in [5.74, 6) is 0.349. The number of rotatable bonds is 5. The molecule has 0 saturated heterocycles. The highest BCUT2D eigenvalue weighted by molar-refractivity contribution is 6.04. The van der Waals surface area contributed by atoms with Gasteiger partial charge < -0.3 is 10.1 Å². The molecule has 6 heteroatoms. The number of ether oxygens (including phenoxy) is 1. The maximum atomic E-state index is 12.2. The second-order valence-corrected chi connectivity index (χ2v) is 5.40. The molecule has 23 heavy (non-hydrogen) atoms. The summed E-state index contributed by atoms with van der Waals surface area (Å²) in [6.45, 7) is 5.49. The first-order chi connectivity index (χ1) is 10.9. The van der Waals surface area contributed by atoms with Crippen LogP contribution < -0.4 is 10.1 Å². The molecule has 0 fully saturated rings. The van der Waals surface area contributed by atoms with Gasteiger partial charge in [-0.1, -0.05) is 6.07 Å². The van der Waals surface area contributed by atoms with E-state index in [9.17, 15) is 14.9 Å². The first kappa shape index (κ1) is 16.5. The molecule has 120 valence electrons. The SMILES string of the molecule is Cc1ccc(NC(=O)c2ccc(OC(C)C)cc2)cc1[N+](=O)[O-]. The number of nitrogens with zero attached hydrogens (tertiary/aromatic N) is 1. The molecule has 0 bridgehead atoms. The van der Waals surface area contributed by atoms with Crippen molar-refractivity contribution in [3.8, 4) is 5.75 Å². The minimum absolute atomic E-state index is 0.0246. The Morgan fingerprint density at radius 3 is 2.39 bits per heavy atom. The van der Waals surface area contributed by atoms with Crippen molar-refractivity contribution >= 4 is 17.3 Å². The number of nitro groups is 1. The smallest absolute Gasteiger partial charge is 0.274 e. The van der Waals surface area contributed by atoms with E-state index in [1.54, 1.807) is 43.3 Å². The van der Waals surface area contributed by atoms with E-state index >= 15 is 0 Å². The Hall–Kier alpha value is -2.89. The second kappa shape index (κ2) is 6.91. The fraction of sp³-hybridized carbons (Fsp3) is 0.235. The van der Waals surface area contributed by atoms with Gasteiger partial charge in [-0.15, -0.1) is 0 Å². The predicted molar refractivity (Wildman–Crippen MR) is 88.0 cm³/mol. The summed E-state index contributed by atoms with van der Waals surface area (Å²) in [4.78, 5) is 22.7. The van der Waals surface area contributed by atoms with E-state index in [1.807, 2.05) is 13.8 Å². The van der Waals surface area contributed by atoms with Crippen LogP contribution in [0, 0.1) is 17.0 Å². The van der Waals surface area contributed by atoms with Crippen molar-refractivity contribution in [3.63, 3.8) is 0 Å². The van der Waals surface area contributed by atoms with E-state index in [4.69, 9.17) is 4.74 Å². The van der Waals surface area contributed by atoms with Crippen LogP contribution in [-0.4, -0.2) is 16.9 Å². The van der Waals surface area contributed by atoms with Gasteiger partial charge in [0.1, 0.15) is 5.75 Å². The molecular weight excluding hydrogens is 296 g/mol. The lowest BCUT2D eigenvalue weighted by molar-refractivity contribution is -0.385. The molecule has 0 aromatic heterocycles. The summed E-state index contributed by atoms with van der Waals surface area (Å²) >= 11 is 0. The van der Waals surface area contributed by atoms with E-state index in [2.05, 4.69) is 5.32 Å². The van der Waals surface area contributed by atoms with Crippen molar-refractivity contribution < 1.29 is 14.5 Å². The zero-order valence-electron chi connectivity index (χ0n) is 13.2. The zero-order valence-corrected chi connectivity index (χ0v) is 13.2. The van der Waals surface area contributed by atoms with Crippen LogP contribution in [0.1, 0.15) is 29.8 Å². The number of anilines is 1. The zero-order chi connectivity index (χ0) is 17.0. The summed E-state index contributed by atoms with van der Waals surface area (Å²) in [7, 11) is 0. The van der Waals surface area contributed by atoms with Crippen LogP contribution in [0.3, 0.4) is 0 Å². The number of hydrogen-bond acceptors (Lipinski definition) is 4. The quantitative estimate of drug-likeness (QED) is 0.669. The second-order valence-electron chi connectivity index (χ2n) is 5.40. The van der Waals surface area contributed by atoms with Gasteiger partial charge >= 0.3 is 0 Å². The normalized spacial score (nSPS) is 10.4. The molecule has 0 radical (unpaired) electrons. The average molecular weight is 314 g/mol. The molecule has 0 heterocycles. The van der Waals surface area contributed by atoms with Gasteiger partial charge in [0.15, 0.2) is 0 Å². The first-order valence-corrected chi connectivity index (χ1v) is 7.20. The Morgan fingerprint density at radius 2 is 1.83 bits per heavy atom. The number of carbonyl (C=O) groups is 1. The summed E-state index contributed by atoms with van der Waals surface area (Å²) < 4.78 is 5.52. The van der Waals surface area contributed by atoms with E-state index in [1.165, 1.54) is 6.07 Å². The Balaban J connectivity index is 2.13. The average Bonchev–Trinajstić information content (AvgIpc) is 2.49. The van der Waals surface area contributed by atoms with Gasteiger partial charge in [0, 0.05) is 22.9 Å². The maximum Gasteiger partial charge on any atom is 0.274 e. The van der Waals surface area contributed by atoms with Gasteiger partial charge in [-0.05, 0) is 51.1 Å². The standard InChI is InChI=1S/C17H18N2O4/c1-11(2)23-15-8-5-13(6-9-15)17(20)18-14-7-4-12(3)16(10-14)19(21)22/h4-11H,1-3H3,(H,18,20). The lowest BCUT2D eigenvalue weighted by Gasteiger charge is -2.10. The van der Waals surface area contributed by atoms with Gasteiger partial charge in [0.25, 0.3) is 11.6 Å². The van der Waals surface area contributed by atoms with Crippen LogP contribution >= 0.6 is 0 Å². The molecule has 0 saturated carbocycles. The summed E-state index contributed by atoms with van der Waals surface area (Å²) in [5.41, 5.74) is 1.35. The third-order valence-electron chi connectivity index (χ3n) is 3.15. The van der Waals surface area contributed by atoms with Crippen LogP contribution in [-0.2, 0) is 0 Å². The molecule has 0 atom stereocenters. The van der Waals surface area contributed by atoms with Crippen LogP contribution in [0.25, 0.3) is 0 Å². The van der Waals surface area contributed by atoms with Crippen LogP contribution in [0.4, 0.5) is 11.4 Å². The molecule has 2 aromatic carbocycles. The molecule has 0 aliphatic carbocycles. The number of aryl methyl sites for hydroxylation is 1. The van der Waals surface area contributed by atoms with Gasteiger partial charge in [-0.25, -0.2) is 0 Å². The highest BCUT2D eigenvalue weighted by Crippen LogP contribution is 2.23. The molecule has 1 N–H and O–H groups in total. The van der Waals surface area contributed by atoms with E-state index in [-0.39, 0.29) is 17.7 Å². The number of nitro benzene ring substituents is 1. The van der Waals surface area contributed by atoms with Crippen molar-refractivity contribution in [1.29, 1.82) is 0 Å². The van der Waals surface area contributed by atoms with Crippen molar-refractivity contribution in [1.82, 2.24) is 0 Å². The topological polar surface area (TPSA) is 81.5 Å². The lowest BCUT2D eigenvalue weighted by atomic mass is 10.1. The Kier molecular flexibility index (Phi) is 4.95. The maximum absolute atomic E-state index is 12.2. The highest BCUT2D eigenvalue weighted by Gasteiger charge is 2.13. The third kappa shape index (κ3) is 4.29. The highest BCUT2D eigenvalue weighted by atomic mass is 16.6. The minimum Gasteiger partial charge on any atom is -0.491 e. The van der Waals surface area contributed by atoms with E-state index in [0.29, 0.717) is 22.6 Å². The summed E-state index contributed by atoms with van der Waals surface area (Å²) in [6.07, 6.45) is 0.0581. The molecule has 1 amide bonds. The monoisotopic (exact) mass is 314 g/mol. The Bertz CT molecular complexity index is 724. The molecule has 2 rings (SSSR count). The van der Waals surface area contributed by atoms with Crippen molar-refractivity contribution in [2.45, 2.75) is 26.9 Å². The van der Waals surface area contributed by atoms with Crippen molar-refractivity contribution in [2.75, 3.05) is 5.32 Å². The van der Waals surface area contributed by atoms with Crippen LogP contribution in [0.5, 0.6) is 5.75 Å². The summed E-state index contributed by atoms with van der Waals surface area (Å²) in [6, 6.07) is 11.3. The lowest BCUT2D eigenvalue weighted by Crippen LogP contribution is -2.12. The van der Waals surface area contributed by atoms with Crippen molar-refractivity contribution in [2.24, 2.45) is 0 Å². The summed E-state index contributed by atoms with van der Waals surface area (Å²) in [5, 5.41) is 13.6. The predicted octanol–water partition coefficient (Wildman–Crippen LogP) is 3.94. The number of carbonyl (C=O) groups excluding carboxylic acids is 1. The van der Waals surface area contributed by atoms with Gasteiger partial charge in [0.2, 0.25) is 0 Å². The van der Waals surface area contributed by atoms with Gasteiger partial charge in [0.05, 0.1) is 11.0 Å². The van der Waals surface area contributed by atoms with E-state index in [0.717, 1.165) is 0 Å². The molecule has 0 spiro atoms. The largest absolute Gasteiger partial charge is 0.491 e. The van der Waals surface area contributed by atoms with Crippen LogP contribution in [0.2, 0.25) is 0 Å². The number of hydrogen-bond donors (Lipinski definition) is 1. The van der Waals surface area contributed by atoms with Gasteiger partial charge in [-0.3, -0.25) is 14.9 Å². The fourth-order valence-corrected chi connectivity index (χ4v) is 2.04.